The van der Waals surface area contributed by atoms with Gasteiger partial charge in [-0.25, -0.2) is 0 Å². The van der Waals surface area contributed by atoms with Crippen molar-refractivity contribution in [3.63, 3.8) is 0 Å². The number of carbonyl (C=O) groups excluding carboxylic acids is 1. The summed E-state index contributed by atoms with van der Waals surface area (Å²) in [6.07, 6.45) is 2.42. The highest BCUT2D eigenvalue weighted by Gasteiger charge is 2.37. The van der Waals surface area contributed by atoms with Crippen LogP contribution in [0.5, 0.6) is 0 Å². The largest absolute Gasteiger partial charge is 0.351 e. The first-order chi connectivity index (χ1) is 8.54. The van der Waals surface area contributed by atoms with Gasteiger partial charge in [-0.1, -0.05) is 18.8 Å². The summed E-state index contributed by atoms with van der Waals surface area (Å²) in [5.74, 6) is 5.83. The van der Waals surface area contributed by atoms with Crippen LogP contribution in [0.25, 0.3) is 0 Å². The minimum atomic E-state index is 0.0111. The summed E-state index contributed by atoms with van der Waals surface area (Å²) in [7, 11) is 0. The number of nitrogens with one attached hydrogen (secondary N) is 1. The first-order valence-corrected chi connectivity index (χ1v) is 6.93. The zero-order chi connectivity index (χ0) is 13.2. The predicted molar refractivity (Wildman–Crippen MR) is 74.7 cm³/mol. The molecule has 3 nitrogen and oxygen atoms in total. The molecular formula is C14H18N2OS. The third-order valence-corrected chi connectivity index (χ3v) is 4.38. The maximum atomic E-state index is 12.0. The molecule has 2 rings (SSSR count). The Bertz CT molecular complexity index is 518. The van der Waals surface area contributed by atoms with Gasteiger partial charge in [-0.05, 0) is 36.8 Å². The van der Waals surface area contributed by atoms with Crippen LogP contribution in [0, 0.1) is 24.2 Å². The fourth-order valence-electron chi connectivity index (χ4n) is 1.62. The molecule has 3 N–H and O–H groups in total. The van der Waals surface area contributed by atoms with Crippen molar-refractivity contribution in [3.8, 4) is 11.8 Å². The Morgan fingerprint density at radius 2 is 2.33 bits per heavy atom. The predicted octanol–water partition coefficient (Wildman–Crippen LogP) is 1.90. The molecule has 1 saturated carbocycles. The minimum Gasteiger partial charge on any atom is -0.351 e. The molecule has 0 aromatic carbocycles. The molecule has 96 valence electrons. The van der Waals surface area contributed by atoms with Gasteiger partial charge in [-0.15, -0.1) is 11.3 Å². The summed E-state index contributed by atoms with van der Waals surface area (Å²) in [6.45, 7) is 5.28. The number of hydrogen-bond donors (Lipinski definition) is 2. The van der Waals surface area contributed by atoms with E-state index in [9.17, 15) is 4.79 Å². The second-order valence-electron chi connectivity index (χ2n) is 5.12. The normalized spacial score (nSPS) is 15.7. The van der Waals surface area contributed by atoms with Crippen molar-refractivity contribution >= 4 is 17.2 Å². The Hall–Kier alpha value is -1.31. The summed E-state index contributed by atoms with van der Waals surface area (Å²) in [5.41, 5.74) is 6.73. The van der Waals surface area contributed by atoms with E-state index >= 15 is 0 Å². The third-order valence-electron chi connectivity index (χ3n) is 3.22. The van der Waals surface area contributed by atoms with Gasteiger partial charge in [0.1, 0.15) is 0 Å². The molecule has 1 aliphatic rings. The minimum absolute atomic E-state index is 0.0111. The molecule has 0 unspecified atom stereocenters. The Labute approximate surface area is 112 Å². The molecule has 0 spiro atoms. The van der Waals surface area contributed by atoms with Crippen LogP contribution in [0.4, 0.5) is 0 Å². The number of rotatable bonds is 3. The summed E-state index contributed by atoms with van der Waals surface area (Å²) < 4.78 is 0. The maximum absolute atomic E-state index is 12.0. The van der Waals surface area contributed by atoms with E-state index in [0.29, 0.717) is 12.0 Å². The van der Waals surface area contributed by atoms with Crippen molar-refractivity contribution in [1.82, 2.24) is 5.32 Å². The van der Waals surface area contributed by atoms with Gasteiger partial charge in [-0.3, -0.25) is 4.79 Å². The van der Waals surface area contributed by atoms with Gasteiger partial charge in [0.2, 0.25) is 0 Å². The molecule has 0 saturated heterocycles. The highest BCUT2D eigenvalue weighted by molar-refractivity contribution is 7.14. The molecule has 0 aliphatic heterocycles. The van der Waals surface area contributed by atoms with E-state index in [4.69, 9.17) is 5.73 Å². The van der Waals surface area contributed by atoms with E-state index in [1.54, 1.807) is 0 Å². The van der Waals surface area contributed by atoms with E-state index in [2.05, 4.69) is 24.1 Å². The lowest BCUT2D eigenvalue weighted by molar-refractivity contribution is 0.0950. The highest BCUT2D eigenvalue weighted by atomic mass is 32.1. The molecule has 0 bridgehead atoms. The number of nitrogens with two attached hydrogens (primary N) is 1. The molecule has 1 aromatic heterocycles. The summed E-state index contributed by atoms with van der Waals surface area (Å²) >= 11 is 1.44. The third kappa shape index (κ3) is 3.12. The molecule has 0 atom stereocenters. The average Bonchev–Trinajstić information content (AvgIpc) is 2.96. The van der Waals surface area contributed by atoms with Crippen LogP contribution in [0.15, 0.2) is 6.07 Å². The van der Waals surface area contributed by atoms with Gasteiger partial charge in [0.15, 0.2) is 0 Å². The monoisotopic (exact) mass is 262 g/mol. The smallest absolute Gasteiger partial charge is 0.261 e. The van der Waals surface area contributed by atoms with Gasteiger partial charge in [0.05, 0.1) is 16.3 Å². The standard InChI is InChI=1S/C14H18N2OS/c1-10-8-12(18-11(10)4-3-7-15)13(17)16-9-14(2)5-6-14/h8H,5-7,9,15H2,1-2H3,(H,16,17). The fraction of sp³-hybridized carbons (Fsp3) is 0.500. The van der Waals surface area contributed by atoms with Crippen molar-refractivity contribution in [3.05, 3.63) is 21.4 Å². The first-order valence-electron chi connectivity index (χ1n) is 6.12. The zero-order valence-electron chi connectivity index (χ0n) is 10.8. The molecular weight excluding hydrogens is 244 g/mol. The first kappa shape index (κ1) is 13.1. The molecule has 1 aromatic rings. The van der Waals surface area contributed by atoms with Crippen LogP contribution in [-0.2, 0) is 0 Å². The molecule has 1 aliphatic carbocycles. The van der Waals surface area contributed by atoms with Gasteiger partial charge >= 0.3 is 0 Å². The van der Waals surface area contributed by atoms with Gasteiger partial charge in [-0.2, -0.15) is 0 Å². The lowest BCUT2D eigenvalue weighted by atomic mass is 10.1. The molecule has 1 heterocycles. The highest BCUT2D eigenvalue weighted by Crippen LogP contribution is 2.44. The second kappa shape index (κ2) is 5.13. The number of thiophene rings is 1. The van der Waals surface area contributed by atoms with Crippen LogP contribution in [0.2, 0.25) is 0 Å². The number of amides is 1. The molecule has 4 heteroatoms. The van der Waals surface area contributed by atoms with Crippen molar-refractivity contribution in [2.75, 3.05) is 13.1 Å². The van der Waals surface area contributed by atoms with Gasteiger partial charge in [0.25, 0.3) is 5.91 Å². The van der Waals surface area contributed by atoms with E-state index in [-0.39, 0.29) is 5.91 Å². The van der Waals surface area contributed by atoms with Crippen LogP contribution in [-0.4, -0.2) is 19.0 Å². The van der Waals surface area contributed by atoms with Crippen molar-refractivity contribution in [1.29, 1.82) is 0 Å². The van der Waals surface area contributed by atoms with Crippen molar-refractivity contribution in [2.24, 2.45) is 11.1 Å². The number of hydrogen-bond acceptors (Lipinski definition) is 3. The fourth-order valence-corrected chi connectivity index (χ4v) is 2.58. The quantitative estimate of drug-likeness (QED) is 0.817. The molecule has 0 radical (unpaired) electrons. The zero-order valence-corrected chi connectivity index (χ0v) is 11.6. The van der Waals surface area contributed by atoms with E-state index < -0.39 is 0 Å². The van der Waals surface area contributed by atoms with Crippen LogP contribution in [0.3, 0.4) is 0 Å². The number of carbonyl (C=O) groups is 1. The summed E-state index contributed by atoms with van der Waals surface area (Å²) in [4.78, 5) is 13.7. The van der Waals surface area contributed by atoms with Crippen molar-refractivity contribution in [2.45, 2.75) is 26.7 Å². The van der Waals surface area contributed by atoms with E-state index in [1.807, 2.05) is 13.0 Å². The van der Waals surface area contributed by atoms with Crippen LogP contribution in [0.1, 0.15) is 39.9 Å². The molecule has 18 heavy (non-hydrogen) atoms. The Kier molecular flexibility index (Phi) is 3.74. The molecule has 1 fully saturated rings. The topological polar surface area (TPSA) is 55.1 Å². The van der Waals surface area contributed by atoms with Crippen molar-refractivity contribution < 1.29 is 4.79 Å². The Morgan fingerprint density at radius 3 is 2.94 bits per heavy atom. The SMILES string of the molecule is Cc1cc(C(=O)NCC2(C)CC2)sc1C#CCN. The Morgan fingerprint density at radius 1 is 1.61 bits per heavy atom. The lowest BCUT2D eigenvalue weighted by Crippen LogP contribution is -2.28. The maximum Gasteiger partial charge on any atom is 0.261 e. The lowest BCUT2D eigenvalue weighted by Gasteiger charge is -2.08. The summed E-state index contributed by atoms with van der Waals surface area (Å²) in [6, 6.07) is 1.90. The second-order valence-corrected chi connectivity index (χ2v) is 6.17. The van der Waals surface area contributed by atoms with Crippen LogP contribution >= 0.6 is 11.3 Å². The number of aryl methyl sites for hydroxylation is 1. The van der Waals surface area contributed by atoms with Crippen LogP contribution < -0.4 is 11.1 Å². The van der Waals surface area contributed by atoms with Gasteiger partial charge in [0, 0.05) is 6.54 Å². The average molecular weight is 262 g/mol. The Balaban J connectivity index is 2.01. The molecule has 1 amide bonds. The summed E-state index contributed by atoms with van der Waals surface area (Å²) in [5, 5.41) is 3.00. The van der Waals surface area contributed by atoms with Gasteiger partial charge < -0.3 is 11.1 Å². The van der Waals surface area contributed by atoms with E-state index in [1.165, 1.54) is 24.2 Å². The van der Waals surface area contributed by atoms with E-state index in [0.717, 1.165) is 21.9 Å².